The van der Waals surface area contributed by atoms with Crippen LogP contribution in [-0.2, 0) is 46.7 Å². The second kappa shape index (κ2) is 9.68. The van der Waals surface area contributed by atoms with E-state index < -0.39 is 88.8 Å². The number of rotatable bonds is 6. The van der Waals surface area contributed by atoms with Gasteiger partial charge in [-0.25, -0.2) is 0 Å². The van der Waals surface area contributed by atoms with Gasteiger partial charge in [-0.3, -0.25) is 23.0 Å². The smallest absolute Gasteiger partial charge is 0.303 e. The lowest BCUT2D eigenvalue weighted by molar-refractivity contribution is -0.284. The molecule has 142 valence electrons. The van der Waals surface area contributed by atoms with Crippen molar-refractivity contribution in [1.29, 1.82) is 0 Å². The van der Waals surface area contributed by atoms with Gasteiger partial charge in [-0.1, -0.05) is 0 Å². The summed E-state index contributed by atoms with van der Waals surface area (Å²) in [6.07, 6.45) is -7.33. The van der Waals surface area contributed by atoms with Crippen LogP contribution in [0.4, 0.5) is 0 Å². The van der Waals surface area contributed by atoms with Gasteiger partial charge in [0.25, 0.3) is 0 Å². The van der Waals surface area contributed by atoms with Crippen LogP contribution in [0.25, 0.3) is 0 Å². The van der Waals surface area contributed by atoms with E-state index in [1.807, 2.05) is 0 Å². The molecule has 1 heterocycles. The molecule has 0 aromatic rings. The highest BCUT2D eigenvalue weighted by Gasteiger charge is 2.52. The average Bonchev–Trinajstić information content (AvgIpc) is 2.73. The molecule has 1 saturated heterocycles. The van der Waals surface area contributed by atoms with E-state index >= 15 is 0 Å². The molecular formula is C14H19BrO10. The highest BCUT2D eigenvalue weighted by atomic mass is 79.9. The lowest BCUT2D eigenvalue weighted by atomic mass is 9.98. The molecule has 0 radical (unpaired) electrons. The zero-order valence-corrected chi connectivity index (χ0v) is 14.5. The fourth-order valence-electron chi connectivity index (χ4n) is 2.12. The molecular weight excluding hydrogens is 408 g/mol. The summed E-state index contributed by atoms with van der Waals surface area (Å²) in [5.41, 5.74) is 0. The monoisotopic (exact) mass is 430 g/mol. The number of hydrogen-bond acceptors (Lipinski definition) is 10. The zero-order valence-electron chi connectivity index (χ0n) is 16.9. The molecule has 0 aliphatic carbocycles. The predicted octanol–water partition coefficient (Wildman–Crippen LogP) is 0.396. The molecule has 1 aliphatic rings. The molecule has 1 unspecified atom stereocenters. The number of carbonyl (C=O) groups is 4. The van der Waals surface area contributed by atoms with Crippen LogP contribution in [0.5, 0.6) is 0 Å². The maximum Gasteiger partial charge on any atom is 0.303 e. The number of halogens is 1. The van der Waals surface area contributed by atoms with Crippen LogP contribution in [0, 0.1) is 0 Å². The summed E-state index contributed by atoms with van der Waals surface area (Å²) in [6, 6.07) is 0. The third-order valence-corrected chi connectivity index (χ3v) is 3.26. The molecule has 10 nitrogen and oxygen atoms in total. The number of ether oxygens (including phenoxy) is 5. The first-order valence-corrected chi connectivity index (χ1v) is 7.29. The topological polar surface area (TPSA) is 124 Å². The van der Waals surface area contributed by atoms with Crippen LogP contribution in [0.1, 0.15) is 33.1 Å². The minimum atomic E-state index is -1.56. The van der Waals surface area contributed by atoms with Gasteiger partial charge < -0.3 is 23.7 Å². The Hall–Kier alpha value is -1.72. The summed E-state index contributed by atoms with van der Waals surface area (Å²) in [5, 5.41) is 0. The van der Waals surface area contributed by atoms with E-state index in [-0.39, 0.29) is 0 Å². The first-order valence-electron chi connectivity index (χ1n) is 9.47. The van der Waals surface area contributed by atoms with E-state index in [1.165, 1.54) is 0 Å². The molecule has 5 atom stereocenters. The SMILES string of the molecule is [2H]CC(=O)OC[C@H]1OC(OBr)[C@H](OC(=O)C[2H])[C@@H](OC(=O)C[2H])[C@H]1OC(=O)C[2H]. The van der Waals surface area contributed by atoms with Crippen LogP contribution < -0.4 is 0 Å². The van der Waals surface area contributed by atoms with Crippen LogP contribution in [0.2, 0.25) is 0 Å². The molecule has 0 saturated carbocycles. The van der Waals surface area contributed by atoms with Crippen molar-refractivity contribution in [2.75, 3.05) is 6.61 Å². The van der Waals surface area contributed by atoms with Crippen molar-refractivity contribution in [3.63, 3.8) is 0 Å². The molecule has 11 heteroatoms. The maximum atomic E-state index is 11.7. The minimum absolute atomic E-state index is 0.547. The molecule has 0 amide bonds. The van der Waals surface area contributed by atoms with Gasteiger partial charge in [-0.15, -0.1) is 0 Å². The fraction of sp³-hybridized carbons (Fsp3) is 0.714. The Labute approximate surface area is 158 Å². The van der Waals surface area contributed by atoms with Gasteiger partial charge in [0.2, 0.25) is 6.29 Å². The van der Waals surface area contributed by atoms with Gasteiger partial charge in [-0.2, -0.15) is 0 Å². The van der Waals surface area contributed by atoms with Crippen molar-refractivity contribution < 1.29 is 52.2 Å². The fourth-order valence-corrected chi connectivity index (χ4v) is 2.42. The summed E-state index contributed by atoms with van der Waals surface area (Å²) in [4.78, 5) is 46.3. The second-order valence-corrected chi connectivity index (χ2v) is 5.05. The molecule has 0 spiro atoms. The van der Waals surface area contributed by atoms with Gasteiger partial charge in [0.1, 0.15) is 29.0 Å². The van der Waals surface area contributed by atoms with Gasteiger partial charge >= 0.3 is 23.9 Å². The molecule has 0 bridgehead atoms. The van der Waals surface area contributed by atoms with Gasteiger partial charge in [0, 0.05) is 33.1 Å². The van der Waals surface area contributed by atoms with Crippen molar-refractivity contribution in [3.05, 3.63) is 0 Å². The first kappa shape index (κ1) is 15.5. The maximum absolute atomic E-state index is 11.7. The second-order valence-electron chi connectivity index (χ2n) is 4.68. The van der Waals surface area contributed by atoms with Gasteiger partial charge in [0.05, 0.1) is 0 Å². The van der Waals surface area contributed by atoms with E-state index in [2.05, 4.69) is 16.3 Å². The van der Waals surface area contributed by atoms with E-state index in [1.54, 1.807) is 0 Å². The van der Waals surface area contributed by atoms with Crippen LogP contribution >= 0.6 is 16.3 Å². The van der Waals surface area contributed by atoms with Crippen LogP contribution in [0.3, 0.4) is 0 Å². The van der Waals surface area contributed by atoms with Crippen molar-refractivity contribution >= 4 is 40.1 Å². The Balaban J connectivity index is 3.25. The summed E-state index contributed by atoms with van der Waals surface area (Å²) in [7, 11) is 0. The summed E-state index contributed by atoms with van der Waals surface area (Å²) in [6.45, 7) is -3.64. The number of carbonyl (C=O) groups excluding carboxylic acids is 4. The normalized spacial score (nSPS) is 30.7. The Kier molecular flexibility index (Phi) is 6.01. The first-order chi connectivity index (χ1) is 13.8. The molecule has 25 heavy (non-hydrogen) atoms. The van der Waals surface area contributed by atoms with E-state index in [4.69, 9.17) is 33.0 Å². The Morgan fingerprint density at radius 1 is 0.880 bits per heavy atom. The van der Waals surface area contributed by atoms with E-state index in [0.717, 1.165) is 0 Å². The summed E-state index contributed by atoms with van der Waals surface area (Å²) < 4.78 is 58.6. The van der Waals surface area contributed by atoms with E-state index in [0.29, 0.717) is 0 Å². The van der Waals surface area contributed by atoms with Crippen molar-refractivity contribution in [3.8, 4) is 0 Å². The number of hydrogen-bond donors (Lipinski definition) is 0. The molecule has 0 aromatic carbocycles. The van der Waals surface area contributed by atoms with Gasteiger partial charge in [-0.05, 0) is 0 Å². The highest BCUT2D eigenvalue weighted by molar-refractivity contribution is 9.06. The Morgan fingerprint density at radius 3 is 1.92 bits per heavy atom. The lowest BCUT2D eigenvalue weighted by Crippen LogP contribution is -2.62. The molecule has 0 N–H and O–H groups in total. The quantitative estimate of drug-likeness (QED) is 0.431. The van der Waals surface area contributed by atoms with E-state index in [9.17, 15) is 19.2 Å². The van der Waals surface area contributed by atoms with Crippen LogP contribution in [-0.4, -0.2) is 61.2 Å². The third-order valence-electron chi connectivity index (χ3n) is 2.89. The Morgan fingerprint density at radius 2 is 1.40 bits per heavy atom. The average molecular weight is 431 g/mol. The standard InChI is InChI=1S/C14H19BrO10/c1-6(16)20-5-10-11(21-7(2)17)12(22-8(3)18)13(23-9(4)19)14(24-10)25-15/h10-14H,5H2,1-4H3/t10-,11+,12+,13-,14?/m1/s1/i1D,2D,3D,4D. The molecule has 1 aliphatic heterocycles. The minimum Gasteiger partial charge on any atom is -0.463 e. The lowest BCUT2D eigenvalue weighted by Gasteiger charge is -2.43. The highest BCUT2D eigenvalue weighted by Crippen LogP contribution is 2.30. The number of esters is 4. The zero-order chi connectivity index (χ0) is 22.0. The summed E-state index contributed by atoms with van der Waals surface area (Å²) >= 11 is 2.66. The third kappa shape index (κ3) is 6.59. The predicted molar refractivity (Wildman–Crippen MR) is 82.0 cm³/mol. The Bertz CT molecular complexity index is 595. The van der Waals surface area contributed by atoms with Gasteiger partial charge in [0.15, 0.2) is 18.3 Å². The molecule has 1 rings (SSSR count). The van der Waals surface area contributed by atoms with Crippen molar-refractivity contribution in [1.82, 2.24) is 0 Å². The summed E-state index contributed by atoms with van der Waals surface area (Å²) in [5.74, 6) is -4.07. The molecule has 1 fully saturated rings. The van der Waals surface area contributed by atoms with Crippen molar-refractivity contribution in [2.45, 2.75) is 58.3 Å². The van der Waals surface area contributed by atoms with Crippen molar-refractivity contribution in [2.24, 2.45) is 0 Å². The van der Waals surface area contributed by atoms with Crippen LogP contribution in [0.15, 0.2) is 0 Å². The molecule has 0 aromatic heterocycles. The largest absolute Gasteiger partial charge is 0.463 e.